The molecule has 150 valence electrons. The second-order valence-electron chi connectivity index (χ2n) is 6.60. The van der Waals surface area contributed by atoms with Crippen molar-refractivity contribution in [2.24, 2.45) is 0 Å². The van der Waals surface area contributed by atoms with E-state index in [1.807, 2.05) is 61.5 Å². The average molecular weight is 455 g/mol. The van der Waals surface area contributed by atoms with Crippen molar-refractivity contribution in [3.05, 3.63) is 99.0 Å². The summed E-state index contributed by atoms with van der Waals surface area (Å²) >= 11 is 13.4. The van der Waals surface area contributed by atoms with Gasteiger partial charge in [0.15, 0.2) is 0 Å². The summed E-state index contributed by atoms with van der Waals surface area (Å²) in [5.41, 5.74) is 2.32. The normalized spacial score (nSPS) is 13.9. The fourth-order valence-corrected chi connectivity index (χ4v) is 4.27. The van der Waals surface area contributed by atoms with E-state index in [2.05, 4.69) is 5.32 Å². The molecule has 1 aliphatic rings. The van der Waals surface area contributed by atoms with Crippen LogP contribution in [0.2, 0.25) is 10.0 Å². The number of carbonyl (C=O) groups is 2. The second-order valence-corrected chi connectivity index (χ2v) is 8.50. The lowest BCUT2D eigenvalue weighted by Crippen LogP contribution is -2.32. The van der Waals surface area contributed by atoms with Crippen LogP contribution in [0.3, 0.4) is 0 Å². The van der Waals surface area contributed by atoms with Crippen molar-refractivity contribution < 1.29 is 9.59 Å². The van der Waals surface area contributed by atoms with Crippen LogP contribution in [0.25, 0.3) is 0 Å². The molecule has 0 aliphatic carbocycles. The molecule has 0 saturated heterocycles. The van der Waals surface area contributed by atoms with Crippen LogP contribution in [0.1, 0.15) is 5.56 Å². The van der Waals surface area contributed by atoms with Gasteiger partial charge in [-0.2, -0.15) is 0 Å². The molecule has 1 N–H and O–H groups in total. The molecule has 0 spiro atoms. The Balaban J connectivity index is 1.77. The summed E-state index contributed by atoms with van der Waals surface area (Å²) in [6, 6.07) is 21.7. The van der Waals surface area contributed by atoms with E-state index >= 15 is 0 Å². The van der Waals surface area contributed by atoms with Crippen molar-refractivity contribution in [3.8, 4) is 0 Å². The molecule has 4 nitrogen and oxygen atoms in total. The molecule has 3 aromatic rings. The molecule has 0 fully saturated rings. The first-order valence-corrected chi connectivity index (χ1v) is 10.7. The van der Waals surface area contributed by atoms with Gasteiger partial charge in [-0.05, 0) is 48.9 Å². The zero-order chi connectivity index (χ0) is 21.3. The first kappa shape index (κ1) is 20.5. The number of amides is 2. The van der Waals surface area contributed by atoms with Gasteiger partial charge >= 0.3 is 0 Å². The standard InChI is InChI=1S/C23H16Cl2N2O2S/c1-14-7-5-6-10-19(14)26-20-21(30-16-8-3-2-4-9-16)23(29)27(22(20)28)15-11-12-17(24)18(25)13-15/h2-13,26H,1H3. The Morgan fingerprint density at radius 3 is 2.23 bits per heavy atom. The highest BCUT2D eigenvalue weighted by molar-refractivity contribution is 8.04. The molecule has 0 atom stereocenters. The second kappa shape index (κ2) is 8.56. The number of hydrogen-bond acceptors (Lipinski definition) is 4. The van der Waals surface area contributed by atoms with Crippen LogP contribution in [-0.2, 0) is 9.59 Å². The third-order valence-electron chi connectivity index (χ3n) is 4.57. The van der Waals surface area contributed by atoms with Crippen LogP contribution in [0.15, 0.2) is 88.3 Å². The number of benzene rings is 3. The quantitative estimate of drug-likeness (QED) is 0.460. The molecule has 7 heteroatoms. The predicted molar refractivity (Wildman–Crippen MR) is 123 cm³/mol. The Hall–Kier alpha value is -2.73. The highest BCUT2D eigenvalue weighted by Crippen LogP contribution is 2.39. The lowest BCUT2D eigenvalue weighted by Gasteiger charge is -2.16. The number of rotatable bonds is 5. The molecule has 0 radical (unpaired) electrons. The molecule has 0 unspecified atom stereocenters. The minimum atomic E-state index is -0.444. The third-order valence-corrected chi connectivity index (χ3v) is 6.40. The van der Waals surface area contributed by atoms with Crippen molar-refractivity contribution in [2.45, 2.75) is 11.8 Å². The van der Waals surface area contributed by atoms with Gasteiger partial charge in [0, 0.05) is 10.6 Å². The van der Waals surface area contributed by atoms with Gasteiger partial charge in [0.1, 0.15) is 10.6 Å². The van der Waals surface area contributed by atoms with Gasteiger partial charge in [0.2, 0.25) is 0 Å². The van der Waals surface area contributed by atoms with Crippen LogP contribution in [0.4, 0.5) is 11.4 Å². The number of imide groups is 1. The van der Waals surface area contributed by atoms with Crippen LogP contribution in [0.5, 0.6) is 0 Å². The van der Waals surface area contributed by atoms with E-state index in [-0.39, 0.29) is 10.7 Å². The Labute approximate surface area is 188 Å². The van der Waals surface area contributed by atoms with E-state index in [9.17, 15) is 9.59 Å². The molecular weight excluding hydrogens is 439 g/mol. The Bertz CT molecular complexity index is 1180. The van der Waals surface area contributed by atoms with Gasteiger partial charge in [-0.25, -0.2) is 4.90 Å². The predicted octanol–water partition coefficient (Wildman–Crippen LogP) is 6.29. The summed E-state index contributed by atoms with van der Waals surface area (Å²) in [5, 5.41) is 3.80. The number of thioether (sulfide) groups is 1. The fourth-order valence-electron chi connectivity index (χ4n) is 3.03. The van der Waals surface area contributed by atoms with Crippen molar-refractivity contribution >= 4 is 58.2 Å². The average Bonchev–Trinajstić information content (AvgIpc) is 2.96. The number of anilines is 2. The summed E-state index contributed by atoms with van der Waals surface area (Å²) in [5.74, 6) is -0.858. The molecule has 0 saturated carbocycles. The maximum absolute atomic E-state index is 13.3. The summed E-state index contributed by atoms with van der Waals surface area (Å²) in [7, 11) is 0. The molecule has 4 rings (SSSR count). The molecule has 3 aromatic carbocycles. The van der Waals surface area contributed by atoms with E-state index < -0.39 is 11.8 Å². The Morgan fingerprint density at radius 1 is 0.833 bits per heavy atom. The SMILES string of the molecule is Cc1ccccc1NC1=C(Sc2ccccc2)C(=O)N(c2ccc(Cl)c(Cl)c2)C1=O. The number of carbonyl (C=O) groups excluding carboxylic acids is 2. The molecule has 0 aromatic heterocycles. The van der Waals surface area contributed by atoms with Crippen molar-refractivity contribution in [1.29, 1.82) is 0 Å². The summed E-state index contributed by atoms with van der Waals surface area (Å²) < 4.78 is 0. The summed E-state index contributed by atoms with van der Waals surface area (Å²) in [6.45, 7) is 1.94. The van der Waals surface area contributed by atoms with Gasteiger partial charge in [-0.15, -0.1) is 0 Å². The Morgan fingerprint density at radius 2 is 1.53 bits per heavy atom. The molecule has 30 heavy (non-hydrogen) atoms. The highest BCUT2D eigenvalue weighted by Gasteiger charge is 2.40. The zero-order valence-corrected chi connectivity index (χ0v) is 18.2. The number of nitrogens with one attached hydrogen (secondary N) is 1. The number of aryl methyl sites for hydroxylation is 1. The molecule has 0 bridgehead atoms. The molecular formula is C23H16Cl2N2O2S. The smallest absolute Gasteiger partial charge is 0.283 e. The first-order chi connectivity index (χ1) is 14.5. The van der Waals surface area contributed by atoms with Crippen LogP contribution in [-0.4, -0.2) is 11.8 Å². The minimum absolute atomic E-state index is 0.231. The van der Waals surface area contributed by atoms with Gasteiger partial charge in [-0.3, -0.25) is 9.59 Å². The summed E-state index contributed by atoms with van der Waals surface area (Å²) in [4.78, 5) is 28.9. The van der Waals surface area contributed by atoms with Gasteiger partial charge in [0.25, 0.3) is 11.8 Å². The third kappa shape index (κ3) is 3.97. The van der Waals surface area contributed by atoms with Crippen molar-refractivity contribution in [1.82, 2.24) is 0 Å². The Kier molecular flexibility index (Phi) is 5.86. The number of hydrogen-bond donors (Lipinski definition) is 1. The summed E-state index contributed by atoms with van der Waals surface area (Å²) in [6.07, 6.45) is 0. The van der Waals surface area contributed by atoms with E-state index in [0.717, 1.165) is 21.0 Å². The fraction of sp³-hybridized carbons (Fsp3) is 0.0435. The topological polar surface area (TPSA) is 49.4 Å². The van der Waals surface area contributed by atoms with E-state index in [1.54, 1.807) is 12.1 Å². The number of nitrogens with zero attached hydrogens (tertiary/aromatic N) is 1. The molecule has 1 heterocycles. The molecule has 2 amide bonds. The number of para-hydroxylation sites is 1. The lowest BCUT2D eigenvalue weighted by molar-refractivity contribution is -0.120. The monoisotopic (exact) mass is 454 g/mol. The van der Waals surface area contributed by atoms with E-state index in [4.69, 9.17) is 23.2 Å². The van der Waals surface area contributed by atoms with E-state index in [1.165, 1.54) is 17.8 Å². The van der Waals surface area contributed by atoms with E-state index in [0.29, 0.717) is 15.6 Å². The zero-order valence-electron chi connectivity index (χ0n) is 15.9. The van der Waals surface area contributed by atoms with Crippen LogP contribution in [0, 0.1) is 6.92 Å². The maximum atomic E-state index is 13.3. The van der Waals surface area contributed by atoms with Crippen LogP contribution >= 0.6 is 35.0 Å². The highest BCUT2D eigenvalue weighted by atomic mass is 35.5. The first-order valence-electron chi connectivity index (χ1n) is 9.09. The molecule has 1 aliphatic heterocycles. The van der Waals surface area contributed by atoms with Crippen molar-refractivity contribution in [2.75, 3.05) is 10.2 Å². The van der Waals surface area contributed by atoms with Crippen molar-refractivity contribution in [3.63, 3.8) is 0 Å². The largest absolute Gasteiger partial charge is 0.350 e. The minimum Gasteiger partial charge on any atom is -0.350 e. The van der Waals surface area contributed by atoms with Gasteiger partial charge in [0.05, 0.1) is 15.7 Å². The van der Waals surface area contributed by atoms with Crippen LogP contribution < -0.4 is 10.2 Å². The lowest BCUT2D eigenvalue weighted by atomic mass is 10.2. The van der Waals surface area contributed by atoms with Gasteiger partial charge in [-0.1, -0.05) is 71.4 Å². The maximum Gasteiger partial charge on any atom is 0.283 e. The van der Waals surface area contributed by atoms with Gasteiger partial charge < -0.3 is 5.32 Å². The number of halogens is 2.